The molecule has 0 amide bonds. The zero-order valence-electron chi connectivity index (χ0n) is 24.4. The van der Waals surface area contributed by atoms with Gasteiger partial charge in [0.1, 0.15) is 8.07 Å². The summed E-state index contributed by atoms with van der Waals surface area (Å²) in [5.41, 5.74) is 8.17. The van der Waals surface area contributed by atoms with Crippen LogP contribution in [0.15, 0.2) is 146 Å². The first-order chi connectivity index (χ1) is 21.1. The van der Waals surface area contributed by atoms with Crippen LogP contribution in [0.3, 0.4) is 0 Å². The zero-order chi connectivity index (χ0) is 28.7. The fourth-order valence-electron chi connectivity index (χ4n) is 8.00. The summed E-state index contributed by atoms with van der Waals surface area (Å²) in [4.78, 5) is 0. The molecule has 0 spiro atoms. The van der Waals surface area contributed by atoms with Gasteiger partial charge in [0.2, 0.25) is 0 Å². The second-order valence-corrected chi connectivity index (χ2v) is 16.7. The highest BCUT2D eigenvalue weighted by molar-refractivity contribution is 7.05. The predicted molar refractivity (Wildman–Crippen MR) is 190 cm³/mol. The van der Waals surface area contributed by atoms with Crippen LogP contribution in [0.4, 0.5) is 0 Å². The van der Waals surface area contributed by atoms with Gasteiger partial charge in [-0.25, -0.2) is 0 Å². The third kappa shape index (κ3) is 3.37. The molecule has 0 N–H and O–H groups in total. The quantitative estimate of drug-likeness (QED) is 0.145. The van der Waals surface area contributed by atoms with Crippen molar-refractivity contribution >= 4 is 61.5 Å². The summed E-state index contributed by atoms with van der Waals surface area (Å²) in [5.74, 6) is 0. The summed E-state index contributed by atoms with van der Waals surface area (Å²) in [6.45, 7) is 5.10. The average Bonchev–Trinajstić information content (AvgIpc) is 3.29. The first-order valence-electron chi connectivity index (χ1n) is 15.2. The zero-order valence-corrected chi connectivity index (χ0v) is 25.4. The van der Waals surface area contributed by atoms with Gasteiger partial charge in [0, 0.05) is 0 Å². The van der Waals surface area contributed by atoms with E-state index in [9.17, 15) is 0 Å². The molecule has 1 heteroatoms. The molecule has 0 unspecified atom stereocenters. The molecule has 8 aromatic rings. The van der Waals surface area contributed by atoms with Crippen molar-refractivity contribution in [2.45, 2.75) is 13.1 Å². The Labute approximate surface area is 252 Å². The largest absolute Gasteiger partial charge is 0.114 e. The normalized spacial score (nSPS) is 13.5. The van der Waals surface area contributed by atoms with Gasteiger partial charge in [-0.2, -0.15) is 0 Å². The van der Waals surface area contributed by atoms with Crippen molar-refractivity contribution in [1.29, 1.82) is 0 Å². The van der Waals surface area contributed by atoms with Crippen molar-refractivity contribution in [3.05, 3.63) is 146 Å². The molecule has 0 atom stereocenters. The molecule has 1 heterocycles. The van der Waals surface area contributed by atoms with E-state index in [1.807, 2.05) is 0 Å². The van der Waals surface area contributed by atoms with E-state index in [4.69, 9.17) is 0 Å². The molecule has 0 radical (unpaired) electrons. The van der Waals surface area contributed by atoms with E-state index >= 15 is 0 Å². The second-order valence-electron chi connectivity index (χ2n) is 12.4. The van der Waals surface area contributed by atoms with Crippen molar-refractivity contribution < 1.29 is 0 Å². The van der Waals surface area contributed by atoms with E-state index in [0.29, 0.717) is 0 Å². The van der Waals surface area contributed by atoms with Gasteiger partial charge in [-0.15, -0.1) is 0 Å². The van der Waals surface area contributed by atoms with Crippen LogP contribution in [0, 0.1) is 0 Å². The molecular weight excluding hydrogens is 533 g/mol. The molecule has 0 aliphatic carbocycles. The Morgan fingerprint density at radius 2 is 0.837 bits per heavy atom. The summed E-state index contributed by atoms with van der Waals surface area (Å²) in [6, 6.07) is 54.4. The standard InChI is InChI=1S/C42H30Si/c1-43(2)38-24-10-9-19-31(38)36-25-26-37-39(32-22-11-15-27-13-3-5-17-29(27)32)34-20-7-8-21-35(34)40(41(37)42(36)43)33-23-12-16-28-14-4-6-18-30(28)33/h3-26H,1-2H3. The van der Waals surface area contributed by atoms with Crippen LogP contribution < -0.4 is 10.4 Å². The molecule has 202 valence electrons. The van der Waals surface area contributed by atoms with Crippen LogP contribution in [0.25, 0.3) is 76.5 Å². The van der Waals surface area contributed by atoms with Gasteiger partial charge >= 0.3 is 0 Å². The molecule has 0 aromatic heterocycles. The third-order valence-electron chi connectivity index (χ3n) is 9.82. The smallest absolute Gasteiger partial charge is 0.0623 e. The molecule has 43 heavy (non-hydrogen) atoms. The first kappa shape index (κ1) is 24.6. The van der Waals surface area contributed by atoms with Crippen LogP contribution in [0.5, 0.6) is 0 Å². The molecule has 0 saturated carbocycles. The molecule has 8 aromatic carbocycles. The van der Waals surface area contributed by atoms with E-state index in [0.717, 1.165) is 0 Å². The molecule has 1 aliphatic rings. The lowest BCUT2D eigenvalue weighted by molar-refractivity contribution is 1.69. The summed E-state index contributed by atoms with van der Waals surface area (Å²) in [6.07, 6.45) is 0. The second kappa shape index (κ2) is 9.01. The maximum absolute atomic E-state index is 2.55. The highest BCUT2D eigenvalue weighted by atomic mass is 28.3. The molecule has 0 saturated heterocycles. The highest BCUT2D eigenvalue weighted by Gasteiger charge is 2.40. The summed E-state index contributed by atoms with van der Waals surface area (Å²) in [7, 11) is -2.04. The van der Waals surface area contributed by atoms with Crippen molar-refractivity contribution in [3.63, 3.8) is 0 Å². The van der Waals surface area contributed by atoms with Gasteiger partial charge in [-0.05, 0) is 86.8 Å². The van der Waals surface area contributed by atoms with Gasteiger partial charge in [0.05, 0.1) is 0 Å². The number of hydrogen-bond donors (Lipinski definition) is 0. The van der Waals surface area contributed by atoms with Crippen molar-refractivity contribution in [3.8, 4) is 33.4 Å². The lowest BCUT2D eigenvalue weighted by Gasteiger charge is -2.26. The summed E-state index contributed by atoms with van der Waals surface area (Å²) < 4.78 is 0. The molecule has 0 fully saturated rings. The van der Waals surface area contributed by atoms with Crippen LogP contribution >= 0.6 is 0 Å². The maximum Gasteiger partial charge on any atom is 0.114 e. The lowest BCUT2D eigenvalue weighted by atomic mass is 9.83. The van der Waals surface area contributed by atoms with E-state index in [2.05, 4.69) is 159 Å². The predicted octanol–water partition coefficient (Wildman–Crippen LogP) is 10.4. The van der Waals surface area contributed by atoms with Crippen LogP contribution in [-0.2, 0) is 0 Å². The van der Waals surface area contributed by atoms with E-state index in [1.54, 1.807) is 10.4 Å². The number of hydrogen-bond acceptors (Lipinski definition) is 0. The Kier molecular flexibility index (Phi) is 5.15. The molecule has 0 bridgehead atoms. The van der Waals surface area contributed by atoms with Crippen LogP contribution in [0.2, 0.25) is 13.1 Å². The van der Waals surface area contributed by atoms with Gasteiger partial charge < -0.3 is 0 Å². The van der Waals surface area contributed by atoms with Crippen LogP contribution in [-0.4, -0.2) is 8.07 Å². The van der Waals surface area contributed by atoms with Crippen LogP contribution in [0.1, 0.15) is 0 Å². The summed E-state index contributed by atoms with van der Waals surface area (Å²) >= 11 is 0. The molecule has 0 nitrogen and oxygen atoms in total. The summed E-state index contributed by atoms with van der Waals surface area (Å²) in [5, 5.41) is 13.7. The Morgan fingerprint density at radius 3 is 1.51 bits per heavy atom. The Bertz CT molecular complexity index is 2420. The first-order valence-corrected chi connectivity index (χ1v) is 18.2. The van der Waals surface area contributed by atoms with Crippen molar-refractivity contribution in [1.82, 2.24) is 0 Å². The minimum atomic E-state index is -2.04. The molecular formula is C42H30Si. The van der Waals surface area contributed by atoms with Gasteiger partial charge in [-0.1, -0.05) is 159 Å². The van der Waals surface area contributed by atoms with Crippen molar-refractivity contribution in [2.75, 3.05) is 0 Å². The highest BCUT2D eigenvalue weighted by Crippen LogP contribution is 2.48. The van der Waals surface area contributed by atoms with Gasteiger partial charge in [0.25, 0.3) is 0 Å². The van der Waals surface area contributed by atoms with Gasteiger partial charge in [0.15, 0.2) is 0 Å². The van der Waals surface area contributed by atoms with Gasteiger partial charge in [-0.3, -0.25) is 0 Å². The third-order valence-corrected chi connectivity index (χ3v) is 13.4. The Hall–Kier alpha value is -4.98. The fraction of sp³-hybridized carbons (Fsp3) is 0.0476. The van der Waals surface area contributed by atoms with E-state index in [-0.39, 0.29) is 0 Å². The topological polar surface area (TPSA) is 0 Å². The fourth-order valence-corrected chi connectivity index (χ4v) is 11.4. The molecule has 9 rings (SSSR count). The minimum absolute atomic E-state index is 1.28. The number of benzene rings is 8. The number of fused-ring (bicyclic) bond motifs is 8. The van der Waals surface area contributed by atoms with E-state index < -0.39 is 8.07 Å². The Morgan fingerprint density at radius 1 is 0.349 bits per heavy atom. The number of rotatable bonds is 2. The monoisotopic (exact) mass is 562 g/mol. The molecule has 1 aliphatic heterocycles. The Balaban J connectivity index is 1.57. The van der Waals surface area contributed by atoms with E-state index in [1.165, 1.54) is 76.5 Å². The van der Waals surface area contributed by atoms with Crippen molar-refractivity contribution in [2.24, 2.45) is 0 Å². The maximum atomic E-state index is 2.55. The minimum Gasteiger partial charge on any atom is -0.0623 e. The average molecular weight is 563 g/mol. The SMILES string of the molecule is C[Si]1(C)c2ccccc2-c2ccc3c(-c4cccc5ccccc45)c4ccccc4c(-c4cccc5ccccc45)c3c21. The lowest BCUT2D eigenvalue weighted by Crippen LogP contribution is -2.49.